The highest BCUT2D eigenvalue weighted by Crippen LogP contribution is 2.59. The molecule has 25 heavy (non-hydrogen) atoms. The van der Waals surface area contributed by atoms with Crippen molar-refractivity contribution in [3.8, 4) is 0 Å². The van der Waals surface area contributed by atoms with Crippen molar-refractivity contribution in [1.29, 1.82) is 0 Å². The standard InChI is InChI=1S/C20H23NO2S2/c22-25(23,19-2-1-7-24-19)21-18-5-3-15(4-6-18)20-16-9-13-8-14(11-16)12-17(20)10-13/h1-7,13-14,16-17,20-21H,8-12H2. The molecule has 2 aromatic rings. The van der Waals surface area contributed by atoms with Crippen molar-refractivity contribution in [2.75, 3.05) is 4.72 Å². The lowest BCUT2D eigenvalue weighted by atomic mass is 9.51. The van der Waals surface area contributed by atoms with Crippen LogP contribution in [0.15, 0.2) is 46.0 Å². The van der Waals surface area contributed by atoms with Gasteiger partial charge in [-0.1, -0.05) is 18.2 Å². The summed E-state index contributed by atoms with van der Waals surface area (Å²) >= 11 is 1.24. The number of nitrogens with one attached hydrogen (secondary N) is 1. The Labute approximate surface area is 153 Å². The smallest absolute Gasteiger partial charge is 0.271 e. The van der Waals surface area contributed by atoms with Crippen molar-refractivity contribution < 1.29 is 8.42 Å². The van der Waals surface area contributed by atoms with Crippen LogP contribution in [0.1, 0.15) is 43.6 Å². The topological polar surface area (TPSA) is 46.2 Å². The molecule has 5 heteroatoms. The average Bonchev–Trinajstić information content (AvgIpc) is 3.10. The van der Waals surface area contributed by atoms with Gasteiger partial charge < -0.3 is 0 Å². The summed E-state index contributed by atoms with van der Waals surface area (Å²) in [6.45, 7) is 0. The monoisotopic (exact) mass is 373 g/mol. The van der Waals surface area contributed by atoms with Crippen LogP contribution in [0.3, 0.4) is 0 Å². The van der Waals surface area contributed by atoms with Gasteiger partial charge in [0.15, 0.2) is 0 Å². The first kappa shape index (κ1) is 15.9. The van der Waals surface area contributed by atoms with Crippen LogP contribution in [0.2, 0.25) is 0 Å². The summed E-state index contributed by atoms with van der Waals surface area (Å²) in [5.74, 6) is 4.36. The zero-order valence-electron chi connectivity index (χ0n) is 14.1. The molecule has 0 unspecified atom stereocenters. The number of rotatable bonds is 4. The molecule has 1 aromatic heterocycles. The largest absolute Gasteiger partial charge is 0.279 e. The van der Waals surface area contributed by atoms with Crippen LogP contribution < -0.4 is 4.72 Å². The molecule has 0 atom stereocenters. The maximum absolute atomic E-state index is 12.3. The van der Waals surface area contributed by atoms with E-state index in [-0.39, 0.29) is 0 Å². The van der Waals surface area contributed by atoms with Crippen LogP contribution in [-0.4, -0.2) is 8.42 Å². The number of benzene rings is 1. The fourth-order valence-corrected chi connectivity index (χ4v) is 7.92. The lowest BCUT2D eigenvalue weighted by Crippen LogP contribution is -2.43. The highest BCUT2D eigenvalue weighted by atomic mass is 32.2. The molecule has 0 aliphatic heterocycles. The molecule has 0 spiro atoms. The van der Waals surface area contributed by atoms with Gasteiger partial charge in [0.1, 0.15) is 4.21 Å². The summed E-state index contributed by atoms with van der Waals surface area (Å²) in [6, 6.07) is 11.6. The van der Waals surface area contributed by atoms with E-state index < -0.39 is 10.0 Å². The minimum atomic E-state index is -3.46. The predicted molar refractivity (Wildman–Crippen MR) is 101 cm³/mol. The zero-order chi connectivity index (χ0) is 17.0. The minimum Gasteiger partial charge on any atom is -0.279 e. The van der Waals surface area contributed by atoms with E-state index in [1.54, 1.807) is 17.5 Å². The first-order valence-corrected chi connectivity index (χ1v) is 11.6. The molecule has 4 fully saturated rings. The van der Waals surface area contributed by atoms with Crippen molar-refractivity contribution in [3.05, 3.63) is 47.3 Å². The molecule has 1 heterocycles. The summed E-state index contributed by atoms with van der Waals surface area (Å²) in [5, 5.41) is 1.78. The lowest BCUT2D eigenvalue weighted by molar-refractivity contribution is -0.00277. The quantitative estimate of drug-likeness (QED) is 0.811. The molecule has 4 aliphatic rings. The van der Waals surface area contributed by atoms with E-state index in [9.17, 15) is 8.42 Å². The average molecular weight is 374 g/mol. The third-order valence-corrected chi connectivity index (χ3v) is 9.31. The van der Waals surface area contributed by atoms with Gasteiger partial charge in [-0.25, -0.2) is 8.42 Å². The van der Waals surface area contributed by atoms with Gasteiger partial charge in [0.05, 0.1) is 0 Å². The Bertz CT molecular complexity index is 828. The van der Waals surface area contributed by atoms with Gasteiger partial charge in [-0.05, 0) is 90.8 Å². The van der Waals surface area contributed by atoms with E-state index in [2.05, 4.69) is 16.9 Å². The molecule has 4 aliphatic carbocycles. The van der Waals surface area contributed by atoms with Crippen molar-refractivity contribution in [1.82, 2.24) is 0 Å². The maximum atomic E-state index is 12.3. The van der Waals surface area contributed by atoms with Gasteiger partial charge in [0.25, 0.3) is 10.0 Å². The van der Waals surface area contributed by atoms with E-state index in [0.717, 1.165) is 23.7 Å². The van der Waals surface area contributed by atoms with Crippen LogP contribution in [-0.2, 0) is 10.0 Å². The second-order valence-electron chi connectivity index (χ2n) is 8.12. The Morgan fingerprint density at radius 3 is 2.08 bits per heavy atom. The highest BCUT2D eigenvalue weighted by molar-refractivity contribution is 7.94. The van der Waals surface area contributed by atoms with Gasteiger partial charge in [-0.2, -0.15) is 0 Å². The maximum Gasteiger partial charge on any atom is 0.271 e. The van der Waals surface area contributed by atoms with E-state index in [1.807, 2.05) is 12.1 Å². The van der Waals surface area contributed by atoms with Crippen molar-refractivity contribution in [2.24, 2.45) is 23.7 Å². The molecule has 4 bridgehead atoms. The first-order valence-electron chi connectivity index (χ1n) is 9.25. The molecule has 1 aromatic carbocycles. The highest BCUT2D eigenvalue weighted by Gasteiger charge is 2.48. The Balaban J connectivity index is 1.36. The third-order valence-electron chi connectivity index (χ3n) is 6.53. The molecule has 0 radical (unpaired) electrons. The summed E-state index contributed by atoms with van der Waals surface area (Å²) in [6.07, 6.45) is 7.10. The molecular weight excluding hydrogens is 350 g/mol. The molecule has 132 valence electrons. The summed E-state index contributed by atoms with van der Waals surface area (Å²) < 4.78 is 27.8. The molecule has 6 rings (SSSR count). The van der Waals surface area contributed by atoms with Crippen LogP contribution in [0.5, 0.6) is 0 Å². The third kappa shape index (κ3) is 2.81. The Hall–Kier alpha value is -1.33. The first-order chi connectivity index (χ1) is 12.1. The molecule has 3 nitrogen and oxygen atoms in total. The fraction of sp³-hybridized carbons (Fsp3) is 0.500. The van der Waals surface area contributed by atoms with Crippen LogP contribution in [0.25, 0.3) is 0 Å². The summed E-state index contributed by atoms with van der Waals surface area (Å²) in [4.78, 5) is 0. The molecule has 4 saturated carbocycles. The lowest BCUT2D eigenvalue weighted by Gasteiger charge is -2.54. The Morgan fingerprint density at radius 2 is 1.52 bits per heavy atom. The van der Waals surface area contributed by atoms with E-state index >= 15 is 0 Å². The number of thiophene rings is 1. The van der Waals surface area contributed by atoms with Gasteiger partial charge in [0.2, 0.25) is 0 Å². The molecular formula is C20H23NO2S2. The van der Waals surface area contributed by atoms with Gasteiger partial charge >= 0.3 is 0 Å². The normalized spacial score (nSPS) is 33.5. The van der Waals surface area contributed by atoms with Crippen LogP contribution >= 0.6 is 11.3 Å². The Morgan fingerprint density at radius 1 is 0.880 bits per heavy atom. The van der Waals surface area contributed by atoms with E-state index in [0.29, 0.717) is 15.8 Å². The SMILES string of the molecule is O=S(=O)(Nc1ccc(C2C3CC4CC(C3)CC2C4)cc1)c1cccs1. The Kier molecular flexibility index (Phi) is 3.72. The van der Waals surface area contributed by atoms with Crippen molar-refractivity contribution in [2.45, 2.75) is 42.2 Å². The fourth-order valence-electron chi connectivity index (χ4n) is 5.86. The predicted octanol–water partition coefficient (Wildman–Crippen LogP) is 5.09. The number of hydrogen-bond acceptors (Lipinski definition) is 3. The zero-order valence-corrected chi connectivity index (χ0v) is 15.7. The van der Waals surface area contributed by atoms with Crippen LogP contribution in [0.4, 0.5) is 5.69 Å². The van der Waals surface area contributed by atoms with Gasteiger partial charge in [-0.15, -0.1) is 11.3 Å². The molecule has 0 amide bonds. The summed E-state index contributed by atoms with van der Waals surface area (Å²) in [7, 11) is -3.46. The van der Waals surface area contributed by atoms with Gasteiger partial charge in [0, 0.05) is 5.69 Å². The summed E-state index contributed by atoms with van der Waals surface area (Å²) in [5.41, 5.74) is 2.06. The van der Waals surface area contributed by atoms with Crippen molar-refractivity contribution >= 4 is 27.0 Å². The second-order valence-corrected chi connectivity index (χ2v) is 11.0. The van der Waals surface area contributed by atoms with Crippen LogP contribution in [0, 0.1) is 23.7 Å². The van der Waals surface area contributed by atoms with E-state index in [1.165, 1.54) is 49.0 Å². The number of hydrogen-bond donors (Lipinski definition) is 1. The number of sulfonamides is 1. The minimum absolute atomic E-state index is 0.359. The number of anilines is 1. The molecule has 1 N–H and O–H groups in total. The van der Waals surface area contributed by atoms with Gasteiger partial charge in [-0.3, -0.25) is 4.72 Å². The molecule has 0 saturated heterocycles. The van der Waals surface area contributed by atoms with Crippen molar-refractivity contribution in [3.63, 3.8) is 0 Å². The second kappa shape index (κ2) is 5.85. The van der Waals surface area contributed by atoms with E-state index in [4.69, 9.17) is 0 Å².